The van der Waals surface area contributed by atoms with E-state index in [0.29, 0.717) is 12.2 Å². The molecule has 0 aromatic heterocycles. The summed E-state index contributed by atoms with van der Waals surface area (Å²) in [5.41, 5.74) is 3.27. The van der Waals surface area contributed by atoms with E-state index in [-0.39, 0.29) is 5.97 Å². The maximum absolute atomic E-state index is 11.8. The lowest BCUT2D eigenvalue weighted by molar-refractivity contribution is 0.0500. The Balaban J connectivity index is 1.93. The normalized spacial score (nSPS) is 14.9. The minimum Gasteiger partial charge on any atom is -0.462 e. The highest BCUT2D eigenvalue weighted by Gasteiger charge is 2.07. The van der Waals surface area contributed by atoms with Crippen molar-refractivity contribution in [3.63, 3.8) is 0 Å². The molecule has 3 heteroatoms. The van der Waals surface area contributed by atoms with Crippen molar-refractivity contribution in [2.75, 3.05) is 19.7 Å². The SMILES string of the molecule is CCCCOC(=O)c1ccc(C=C2CCNCC2)cc1. The summed E-state index contributed by atoms with van der Waals surface area (Å²) in [6.07, 6.45) is 6.41. The second-order valence-electron chi connectivity index (χ2n) is 5.16. The molecule has 0 atom stereocenters. The molecule has 0 saturated carbocycles. The van der Waals surface area contributed by atoms with Crippen LogP contribution in [0.15, 0.2) is 29.8 Å². The van der Waals surface area contributed by atoms with Gasteiger partial charge in [0, 0.05) is 0 Å². The van der Waals surface area contributed by atoms with Crippen molar-refractivity contribution in [3.8, 4) is 0 Å². The van der Waals surface area contributed by atoms with Gasteiger partial charge in [0.1, 0.15) is 0 Å². The molecule has 20 heavy (non-hydrogen) atoms. The third-order valence-electron chi connectivity index (χ3n) is 3.49. The largest absolute Gasteiger partial charge is 0.462 e. The first-order valence-electron chi connectivity index (χ1n) is 7.47. The van der Waals surface area contributed by atoms with E-state index in [9.17, 15) is 4.79 Å². The highest BCUT2D eigenvalue weighted by Crippen LogP contribution is 2.16. The minimum absolute atomic E-state index is 0.223. The van der Waals surface area contributed by atoms with Crippen LogP contribution in [-0.2, 0) is 4.74 Å². The van der Waals surface area contributed by atoms with Crippen molar-refractivity contribution in [2.45, 2.75) is 32.6 Å². The number of ether oxygens (including phenoxy) is 1. The molecule has 0 amide bonds. The minimum atomic E-state index is -0.223. The Morgan fingerprint density at radius 1 is 1.25 bits per heavy atom. The molecular weight excluding hydrogens is 250 g/mol. The number of unbranched alkanes of at least 4 members (excludes halogenated alkanes) is 1. The second kappa shape index (κ2) is 7.85. The third kappa shape index (κ3) is 4.49. The number of carbonyl (C=O) groups excluding carboxylic acids is 1. The van der Waals surface area contributed by atoms with E-state index in [4.69, 9.17) is 4.74 Å². The van der Waals surface area contributed by atoms with Crippen LogP contribution >= 0.6 is 0 Å². The number of hydrogen-bond donors (Lipinski definition) is 1. The number of rotatable bonds is 5. The summed E-state index contributed by atoms with van der Waals surface area (Å²) in [6.45, 7) is 4.71. The molecule has 0 spiro atoms. The third-order valence-corrected chi connectivity index (χ3v) is 3.49. The average molecular weight is 273 g/mol. The highest BCUT2D eigenvalue weighted by molar-refractivity contribution is 5.89. The Morgan fingerprint density at radius 3 is 2.60 bits per heavy atom. The van der Waals surface area contributed by atoms with Crippen LogP contribution in [0.5, 0.6) is 0 Å². The van der Waals surface area contributed by atoms with Gasteiger partial charge in [-0.1, -0.05) is 37.1 Å². The number of hydrogen-bond acceptors (Lipinski definition) is 3. The molecule has 0 radical (unpaired) electrons. The van der Waals surface area contributed by atoms with Gasteiger partial charge in [0.05, 0.1) is 12.2 Å². The smallest absolute Gasteiger partial charge is 0.338 e. The van der Waals surface area contributed by atoms with E-state index in [2.05, 4.69) is 18.3 Å². The molecule has 2 rings (SSSR count). The summed E-state index contributed by atoms with van der Waals surface area (Å²) in [6, 6.07) is 7.68. The summed E-state index contributed by atoms with van der Waals surface area (Å²) in [5, 5.41) is 3.35. The van der Waals surface area contributed by atoms with Crippen LogP contribution < -0.4 is 5.32 Å². The van der Waals surface area contributed by atoms with Gasteiger partial charge in [0.2, 0.25) is 0 Å². The first-order chi connectivity index (χ1) is 9.79. The van der Waals surface area contributed by atoms with Crippen molar-refractivity contribution in [1.82, 2.24) is 5.32 Å². The standard InChI is InChI=1S/C17H23NO2/c1-2-3-12-20-17(19)16-6-4-14(5-7-16)13-15-8-10-18-11-9-15/h4-7,13,18H,2-3,8-12H2,1H3. The molecule has 3 nitrogen and oxygen atoms in total. The van der Waals surface area contributed by atoms with Crippen molar-refractivity contribution in [1.29, 1.82) is 0 Å². The van der Waals surface area contributed by atoms with Gasteiger partial charge in [-0.2, -0.15) is 0 Å². The van der Waals surface area contributed by atoms with Crippen LogP contribution in [0.4, 0.5) is 0 Å². The van der Waals surface area contributed by atoms with E-state index in [0.717, 1.165) is 44.3 Å². The molecule has 0 bridgehead atoms. The van der Waals surface area contributed by atoms with Crippen molar-refractivity contribution in [3.05, 3.63) is 41.0 Å². The Hall–Kier alpha value is -1.61. The zero-order valence-corrected chi connectivity index (χ0v) is 12.2. The van der Waals surface area contributed by atoms with E-state index >= 15 is 0 Å². The fourth-order valence-corrected chi connectivity index (χ4v) is 2.24. The molecule has 1 aliphatic rings. The molecule has 1 aromatic rings. The monoisotopic (exact) mass is 273 g/mol. The Morgan fingerprint density at radius 2 is 1.95 bits per heavy atom. The predicted octanol–water partition coefficient (Wildman–Crippen LogP) is 3.41. The number of esters is 1. The van der Waals surface area contributed by atoms with Gasteiger partial charge < -0.3 is 10.1 Å². The maximum Gasteiger partial charge on any atom is 0.338 e. The Labute approximate surface area is 121 Å². The first kappa shape index (κ1) is 14.8. The highest BCUT2D eigenvalue weighted by atomic mass is 16.5. The molecule has 108 valence electrons. The molecule has 0 unspecified atom stereocenters. The van der Waals surface area contributed by atoms with Crippen LogP contribution in [0, 0.1) is 0 Å². The van der Waals surface area contributed by atoms with Gasteiger partial charge in [-0.3, -0.25) is 0 Å². The second-order valence-corrected chi connectivity index (χ2v) is 5.16. The lowest BCUT2D eigenvalue weighted by Gasteiger charge is -2.15. The average Bonchev–Trinajstić information content (AvgIpc) is 2.49. The van der Waals surface area contributed by atoms with Gasteiger partial charge >= 0.3 is 5.97 Å². The van der Waals surface area contributed by atoms with Gasteiger partial charge in [-0.25, -0.2) is 4.79 Å². The zero-order valence-electron chi connectivity index (χ0n) is 12.2. The number of benzene rings is 1. The molecule has 0 aliphatic carbocycles. The van der Waals surface area contributed by atoms with Gasteiger partial charge in [-0.15, -0.1) is 0 Å². The van der Waals surface area contributed by atoms with E-state index in [1.54, 1.807) is 0 Å². The van der Waals surface area contributed by atoms with Crippen LogP contribution in [0.1, 0.15) is 48.5 Å². The molecule has 1 heterocycles. The van der Waals surface area contributed by atoms with E-state index < -0.39 is 0 Å². The lowest BCUT2D eigenvalue weighted by atomic mass is 10.0. The van der Waals surface area contributed by atoms with Crippen LogP contribution in [0.2, 0.25) is 0 Å². The summed E-state index contributed by atoms with van der Waals surface area (Å²) in [7, 11) is 0. The molecule has 1 N–H and O–H groups in total. The lowest BCUT2D eigenvalue weighted by Crippen LogP contribution is -2.22. The van der Waals surface area contributed by atoms with Crippen molar-refractivity contribution < 1.29 is 9.53 Å². The van der Waals surface area contributed by atoms with Gasteiger partial charge in [-0.05, 0) is 50.0 Å². The number of carbonyl (C=O) groups is 1. The fraction of sp³-hybridized carbons (Fsp3) is 0.471. The first-order valence-corrected chi connectivity index (χ1v) is 7.47. The number of nitrogens with one attached hydrogen (secondary N) is 1. The van der Waals surface area contributed by atoms with E-state index in [1.165, 1.54) is 5.57 Å². The van der Waals surface area contributed by atoms with E-state index in [1.807, 2.05) is 24.3 Å². The van der Waals surface area contributed by atoms with Crippen LogP contribution in [0.3, 0.4) is 0 Å². The summed E-state index contributed by atoms with van der Waals surface area (Å²) >= 11 is 0. The predicted molar refractivity (Wildman–Crippen MR) is 81.7 cm³/mol. The fourth-order valence-electron chi connectivity index (χ4n) is 2.24. The van der Waals surface area contributed by atoms with Gasteiger partial charge in [0.25, 0.3) is 0 Å². The van der Waals surface area contributed by atoms with Crippen LogP contribution in [0.25, 0.3) is 6.08 Å². The van der Waals surface area contributed by atoms with Crippen molar-refractivity contribution >= 4 is 12.0 Å². The maximum atomic E-state index is 11.8. The molecule has 1 aromatic carbocycles. The molecule has 1 aliphatic heterocycles. The number of piperidine rings is 1. The summed E-state index contributed by atoms with van der Waals surface area (Å²) < 4.78 is 5.20. The Bertz CT molecular complexity index is 454. The topological polar surface area (TPSA) is 38.3 Å². The van der Waals surface area contributed by atoms with Crippen LogP contribution in [-0.4, -0.2) is 25.7 Å². The van der Waals surface area contributed by atoms with Gasteiger partial charge in [0.15, 0.2) is 0 Å². The summed E-state index contributed by atoms with van der Waals surface area (Å²) in [5.74, 6) is -0.223. The quantitative estimate of drug-likeness (QED) is 0.660. The van der Waals surface area contributed by atoms with Crippen molar-refractivity contribution in [2.24, 2.45) is 0 Å². The molecule has 1 fully saturated rings. The Kier molecular flexibility index (Phi) is 5.81. The summed E-state index contributed by atoms with van der Waals surface area (Å²) in [4.78, 5) is 11.8. The molecular formula is C17H23NO2. The molecule has 1 saturated heterocycles. The zero-order chi connectivity index (χ0) is 14.2.